The fourth-order valence-electron chi connectivity index (χ4n) is 4.96. The summed E-state index contributed by atoms with van der Waals surface area (Å²) >= 11 is 0. The van der Waals surface area contributed by atoms with Gasteiger partial charge in [-0.15, -0.1) is 0 Å². The molecule has 0 bridgehead atoms. The summed E-state index contributed by atoms with van der Waals surface area (Å²) in [7, 11) is -4.25. The molecule has 0 radical (unpaired) electrons. The summed E-state index contributed by atoms with van der Waals surface area (Å²) in [6.07, 6.45) is 4.86. The molecule has 1 atom stereocenters. The molecule has 1 saturated heterocycles. The van der Waals surface area contributed by atoms with Crippen molar-refractivity contribution in [1.82, 2.24) is 9.29 Å². The molecule has 10 heteroatoms. The molecule has 194 valence electrons. The summed E-state index contributed by atoms with van der Waals surface area (Å²) in [6.45, 7) is -0.169. The third-order valence-electron chi connectivity index (χ3n) is 6.89. The number of aromatic nitrogens is 1. The van der Waals surface area contributed by atoms with Crippen molar-refractivity contribution in [3.63, 3.8) is 0 Å². The van der Waals surface area contributed by atoms with Gasteiger partial charge < -0.3 is 5.73 Å². The van der Waals surface area contributed by atoms with Gasteiger partial charge in [0.2, 0.25) is 10.0 Å². The van der Waals surface area contributed by atoms with Crippen LogP contribution in [0.4, 0.5) is 14.5 Å². The van der Waals surface area contributed by atoms with Crippen molar-refractivity contribution >= 4 is 27.2 Å². The number of fused-ring (bicyclic) bond motifs is 1. The van der Waals surface area contributed by atoms with Crippen molar-refractivity contribution in [3.8, 4) is 0 Å². The van der Waals surface area contributed by atoms with Gasteiger partial charge in [-0.3, -0.25) is 9.78 Å². The van der Waals surface area contributed by atoms with Gasteiger partial charge >= 0.3 is 0 Å². The number of aliphatic imine (C=N–C) groups is 1. The molecule has 1 aromatic heterocycles. The molecule has 0 saturated carbocycles. The van der Waals surface area contributed by atoms with E-state index in [1.165, 1.54) is 54.9 Å². The lowest BCUT2D eigenvalue weighted by atomic mass is 9.64. The summed E-state index contributed by atoms with van der Waals surface area (Å²) in [5.41, 5.74) is 7.05. The minimum absolute atomic E-state index is 0.0469. The van der Waals surface area contributed by atoms with Gasteiger partial charge in [-0.05, 0) is 79.2 Å². The van der Waals surface area contributed by atoms with Crippen LogP contribution in [0.2, 0.25) is 0 Å². The topological polar surface area (TPSA) is 106 Å². The Labute approximate surface area is 219 Å². The number of nitrogens with two attached hydrogens (primary N) is 1. The van der Waals surface area contributed by atoms with Crippen LogP contribution >= 0.6 is 0 Å². The van der Waals surface area contributed by atoms with E-state index in [0.717, 1.165) is 10.4 Å². The Morgan fingerprint density at radius 3 is 2.47 bits per heavy atom. The quantitative estimate of drug-likeness (QED) is 0.483. The number of ketones is 1. The SMILES string of the molecule is NC=C1C[C@]2(C(=O)c3ccccn3)CN(S(=O)(=O)c3ccccc3F)CCC2=CC1=Nc1ccc(F)cc1. The van der Waals surface area contributed by atoms with E-state index in [4.69, 9.17) is 5.73 Å². The molecule has 2 heterocycles. The second kappa shape index (κ2) is 10.0. The van der Waals surface area contributed by atoms with Crippen LogP contribution in [-0.4, -0.2) is 42.3 Å². The zero-order chi connectivity index (χ0) is 26.9. The maximum Gasteiger partial charge on any atom is 0.246 e. The van der Waals surface area contributed by atoms with E-state index in [1.54, 1.807) is 24.3 Å². The Morgan fingerprint density at radius 2 is 1.79 bits per heavy atom. The number of piperidine rings is 1. The maximum atomic E-state index is 14.5. The molecule has 2 aromatic carbocycles. The molecule has 0 unspecified atom stereocenters. The number of halogens is 2. The van der Waals surface area contributed by atoms with Gasteiger partial charge in [-0.2, -0.15) is 4.31 Å². The summed E-state index contributed by atoms with van der Waals surface area (Å²) < 4.78 is 56.1. The second-order valence-corrected chi connectivity index (χ2v) is 11.1. The summed E-state index contributed by atoms with van der Waals surface area (Å²) in [5.74, 6) is -1.62. The van der Waals surface area contributed by atoms with Crippen LogP contribution in [0.5, 0.6) is 0 Å². The first kappa shape index (κ1) is 25.6. The summed E-state index contributed by atoms with van der Waals surface area (Å²) in [5, 5.41) is 0. The van der Waals surface area contributed by atoms with Crippen LogP contribution in [0.25, 0.3) is 0 Å². The fourth-order valence-corrected chi connectivity index (χ4v) is 6.53. The van der Waals surface area contributed by atoms with Gasteiger partial charge in [0.15, 0.2) is 5.78 Å². The molecule has 5 rings (SSSR count). The van der Waals surface area contributed by atoms with Crippen molar-refractivity contribution in [3.05, 3.63) is 114 Å². The Kier molecular flexibility index (Phi) is 6.77. The number of benzene rings is 2. The lowest BCUT2D eigenvalue weighted by Gasteiger charge is -2.45. The van der Waals surface area contributed by atoms with Crippen LogP contribution in [-0.2, 0) is 10.0 Å². The van der Waals surface area contributed by atoms with E-state index in [9.17, 15) is 22.0 Å². The molecule has 3 aromatic rings. The third kappa shape index (κ3) is 4.57. The standard InChI is InChI=1S/C28H24F2N4O3S/c29-21-8-10-22(11-9-21)33-25-15-20-12-14-34(38(36,37)26-7-2-1-5-23(26)30)18-28(20,16-19(25)17-31)27(35)24-6-3-4-13-32-24/h1-11,13,15,17H,12,14,16,18,31H2/t28-/m0/s1. The van der Waals surface area contributed by atoms with Crippen LogP contribution in [0.3, 0.4) is 0 Å². The highest BCUT2D eigenvalue weighted by molar-refractivity contribution is 7.89. The van der Waals surface area contributed by atoms with E-state index in [-0.39, 0.29) is 37.4 Å². The van der Waals surface area contributed by atoms with Crippen LogP contribution in [0, 0.1) is 17.0 Å². The predicted octanol–water partition coefficient (Wildman–Crippen LogP) is 4.57. The molecule has 1 aliphatic heterocycles. The first-order valence-corrected chi connectivity index (χ1v) is 13.4. The highest BCUT2D eigenvalue weighted by atomic mass is 32.2. The van der Waals surface area contributed by atoms with Gasteiger partial charge in [-0.1, -0.05) is 23.8 Å². The molecule has 2 N–H and O–H groups in total. The normalized spacial score (nSPS) is 22.2. The Balaban J connectivity index is 1.63. The van der Waals surface area contributed by atoms with E-state index in [2.05, 4.69) is 9.98 Å². The number of rotatable bonds is 5. The number of carbonyl (C=O) groups is 1. The first-order chi connectivity index (χ1) is 18.2. The van der Waals surface area contributed by atoms with E-state index < -0.39 is 32.0 Å². The third-order valence-corrected chi connectivity index (χ3v) is 8.77. The van der Waals surface area contributed by atoms with E-state index >= 15 is 0 Å². The number of hydrogen-bond donors (Lipinski definition) is 1. The monoisotopic (exact) mass is 534 g/mol. The molecule has 0 amide bonds. The Morgan fingerprint density at radius 1 is 1.05 bits per heavy atom. The number of nitrogens with zero attached hydrogens (tertiary/aromatic N) is 3. The van der Waals surface area contributed by atoms with Crippen molar-refractivity contribution in [2.24, 2.45) is 16.1 Å². The van der Waals surface area contributed by atoms with Gasteiger partial charge in [0, 0.05) is 19.3 Å². The molecule has 1 aliphatic carbocycles. The van der Waals surface area contributed by atoms with Crippen molar-refractivity contribution in [1.29, 1.82) is 0 Å². The highest BCUT2D eigenvalue weighted by Crippen LogP contribution is 2.47. The van der Waals surface area contributed by atoms with Crippen LogP contribution < -0.4 is 5.73 Å². The largest absolute Gasteiger partial charge is 0.404 e. The van der Waals surface area contributed by atoms with E-state index in [1.807, 2.05) is 0 Å². The van der Waals surface area contributed by atoms with Gasteiger partial charge in [0.05, 0.1) is 16.8 Å². The minimum atomic E-state index is -4.25. The molecule has 38 heavy (non-hydrogen) atoms. The lowest BCUT2D eigenvalue weighted by molar-refractivity contribution is 0.0770. The van der Waals surface area contributed by atoms with Crippen LogP contribution in [0.1, 0.15) is 23.3 Å². The first-order valence-electron chi connectivity index (χ1n) is 11.9. The van der Waals surface area contributed by atoms with Gasteiger partial charge in [0.25, 0.3) is 0 Å². The summed E-state index contributed by atoms with van der Waals surface area (Å²) in [4.78, 5) is 22.4. The zero-order valence-corrected chi connectivity index (χ0v) is 21.0. The van der Waals surface area contributed by atoms with Crippen molar-refractivity contribution < 1.29 is 22.0 Å². The van der Waals surface area contributed by atoms with Gasteiger partial charge in [0.1, 0.15) is 22.2 Å². The number of sulfonamides is 1. The predicted molar refractivity (Wildman–Crippen MR) is 139 cm³/mol. The number of Topliss-reactive ketones (excluding diaryl/α,β-unsaturated/α-hetero) is 1. The highest BCUT2D eigenvalue weighted by Gasteiger charge is 2.51. The number of hydrogen-bond acceptors (Lipinski definition) is 6. The molecule has 0 spiro atoms. The molecular weight excluding hydrogens is 510 g/mol. The van der Waals surface area contributed by atoms with E-state index in [0.29, 0.717) is 22.5 Å². The lowest BCUT2D eigenvalue weighted by Crippen LogP contribution is -2.53. The maximum absolute atomic E-state index is 14.5. The molecule has 2 aliphatic rings. The second-order valence-electron chi connectivity index (χ2n) is 9.16. The number of pyridine rings is 1. The number of allylic oxidation sites excluding steroid dienone is 2. The average Bonchev–Trinajstić information content (AvgIpc) is 2.93. The summed E-state index contributed by atoms with van der Waals surface area (Å²) in [6, 6.07) is 15.7. The van der Waals surface area contributed by atoms with Crippen LogP contribution in [0.15, 0.2) is 106 Å². The molecule has 1 fully saturated rings. The van der Waals surface area contributed by atoms with Crippen molar-refractivity contribution in [2.45, 2.75) is 17.7 Å². The molecular formula is C28H24F2N4O3S. The zero-order valence-electron chi connectivity index (χ0n) is 20.2. The Bertz CT molecular complexity index is 1590. The Hall–Kier alpha value is -4.02. The molecule has 7 nitrogen and oxygen atoms in total. The van der Waals surface area contributed by atoms with Crippen molar-refractivity contribution in [2.75, 3.05) is 13.1 Å². The van der Waals surface area contributed by atoms with Gasteiger partial charge in [-0.25, -0.2) is 22.2 Å². The number of carbonyl (C=O) groups excluding carboxylic acids is 1. The fraction of sp³-hybridized carbons (Fsp3) is 0.179. The average molecular weight is 535 g/mol. The smallest absolute Gasteiger partial charge is 0.246 e. The minimum Gasteiger partial charge on any atom is -0.404 e.